The summed E-state index contributed by atoms with van der Waals surface area (Å²) in [6, 6.07) is 0. The third-order valence-corrected chi connectivity index (χ3v) is 2.64. The molecule has 0 heterocycles. The standard InChI is InChI=1S/C10H18/c1-9(2)10-7-5-3-4-6-8-10/h1,9-10H,3-8H2,2H3. The van der Waals surface area contributed by atoms with Crippen molar-refractivity contribution in [1.82, 2.24) is 0 Å². The molecule has 0 aromatic heterocycles. The Morgan fingerprint density at radius 3 is 2.00 bits per heavy atom. The molecule has 1 aliphatic rings. The highest BCUT2D eigenvalue weighted by Crippen LogP contribution is 2.27. The second-order valence-electron chi connectivity index (χ2n) is 3.61. The van der Waals surface area contributed by atoms with Crippen molar-refractivity contribution < 1.29 is 0 Å². The molecule has 1 saturated carbocycles. The van der Waals surface area contributed by atoms with Gasteiger partial charge < -0.3 is 0 Å². The molecular weight excluding hydrogens is 120 g/mol. The van der Waals surface area contributed by atoms with Crippen LogP contribution in [-0.2, 0) is 0 Å². The molecule has 0 nitrogen and oxygen atoms in total. The summed E-state index contributed by atoms with van der Waals surface area (Å²) in [5.74, 6) is 1.25. The lowest BCUT2D eigenvalue weighted by molar-refractivity contribution is 0.370. The summed E-state index contributed by atoms with van der Waals surface area (Å²) >= 11 is 0. The van der Waals surface area contributed by atoms with Crippen LogP contribution in [0.1, 0.15) is 45.4 Å². The molecule has 1 rings (SSSR count). The lowest BCUT2D eigenvalue weighted by Gasteiger charge is -2.17. The largest absolute Gasteiger partial charge is 0.0620 e. The predicted octanol–water partition coefficient (Wildman–Crippen LogP) is 3.30. The lowest BCUT2D eigenvalue weighted by Crippen LogP contribution is -2.06. The van der Waals surface area contributed by atoms with E-state index >= 15 is 0 Å². The van der Waals surface area contributed by atoms with Crippen molar-refractivity contribution in [1.29, 1.82) is 0 Å². The molecule has 1 aliphatic carbocycles. The molecule has 10 heavy (non-hydrogen) atoms. The molecule has 2 radical (unpaired) electrons. The van der Waals surface area contributed by atoms with Crippen molar-refractivity contribution in [3.63, 3.8) is 0 Å². The van der Waals surface area contributed by atoms with Gasteiger partial charge in [-0.15, -0.1) is 0 Å². The van der Waals surface area contributed by atoms with Gasteiger partial charge >= 0.3 is 0 Å². The first-order valence-corrected chi connectivity index (χ1v) is 4.56. The van der Waals surface area contributed by atoms with Gasteiger partial charge in [-0.05, 0) is 18.8 Å². The second-order valence-corrected chi connectivity index (χ2v) is 3.61. The first-order chi connectivity index (χ1) is 4.80. The summed E-state index contributed by atoms with van der Waals surface area (Å²) in [5.41, 5.74) is 0. The highest BCUT2D eigenvalue weighted by molar-refractivity contribution is 4.70. The Morgan fingerprint density at radius 1 is 1.10 bits per heavy atom. The maximum atomic E-state index is 5.84. The van der Waals surface area contributed by atoms with Gasteiger partial charge in [0.05, 0.1) is 0 Å². The molecule has 1 fully saturated rings. The van der Waals surface area contributed by atoms with E-state index in [0.29, 0.717) is 5.92 Å². The fourth-order valence-electron chi connectivity index (χ4n) is 1.84. The summed E-state index contributed by atoms with van der Waals surface area (Å²) in [4.78, 5) is 0. The molecule has 0 spiro atoms. The molecule has 1 atom stereocenters. The summed E-state index contributed by atoms with van der Waals surface area (Å²) < 4.78 is 0. The van der Waals surface area contributed by atoms with Crippen LogP contribution in [0.2, 0.25) is 0 Å². The Bertz CT molecular complexity index is 76.0. The highest BCUT2D eigenvalue weighted by atomic mass is 14.2. The topological polar surface area (TPSA) is 0 Å². The molecular formula is C10H18. The van der Waals surface area contributed by atoms with Crippen LogP contribution < -0.4 is 0 Å². The van der Waals surface area contributed by atoms with Gasteiger partial charge in [-0.25, -0.2) is 0 Å². The zero-order valence-electron chi connectivity index (χ0n) is 6.97. The zero-order valence-corrected chi connectivity index (χ0v) is 6.97. The van der Waals surface area contributed by atoms with Crippen LogP contribution in [-0.4, -0.2) is 0 Å². The van der Waals surface area contributed by atoms with E-state index < -0.39 is 0 Å². The van der Waals surface area contributed by atoms with Gasteiger partial charge in [0.15, 0.2) is 0 Å². The Labute approximate surface area is 65.0 Å². The predicted molar refractivity (Wildman–Crippen MR) is 44.7 cm³/mol. The van der Waals surface area contributed by atoms with E-state index in [1.54, 1.807) is 0 Å². The van der Waals surface area contributed by atoms with E-state index in [4.69, 9.17) is 6.92 Å². The molecule has 0 aromatic carbocycles. The van der Waals surface area contributed by atoms with Crippen LogP contribution in [0.25, 0.3) is 0 Å². The fraction of sp³-hybridized carbons (Fsp3) is 0.900. The van der Waals surface area contributed by atoms with Gasteiger partial charge in [0.1, 0.15) is 0 Å². The second kappa shape index (κ2) is 4.00. The van der Waals surface area contributed by atoms with Crippen LogP contribution in [0.3, 0.4) is 0 Å². The minimum atomic E-state index is 0.429. The lowest BCUT2D eigenvalue weighted by atomic mass is 9.89. The van der Waals surface area contributed by atoms with Crippen LogP contribution >= 0.6 is 0 Å². The molecule has 0 amide bonds. The highest BCUT2D eigenvalue weighted by Gasteiger charge is 2.14. The van der Waals surface area contributed by atoms with Crippen LogP contribution in [0, 0.1) is 18.8 Å². The maximum Gasteiger partial charge on any atom is -0.0318 e. The van der Waals surface area contributed by atoms with E-state index in [0.717, 1.165) is 5.92 Å². The molecule has 0 N–H and O–H groups in total. The summed E-state index contributed by atoms with van der Waals surface area (Å²) in [6.45, 7) is 7.99. The van der Waals surface area contributed by atoms with Gasteiger partial charge in [-0.3, -0.25) is 0 Å². The summed E-state index contributed by atoms with van der Waals surface area (Å²) in [6.07, 6.45) is 8.43. The quantitative estimate of drug-likeness (QED) is 0.488. The third-order valence-electron chi connectivity index (χ3n) is 2.64. The molecule has 0 aliphatic heterocycles. The Kier molecular flexibility index (Phi) is 3.24. The normalized spacial score (nSPS) is 23.1. The molecule has 0 heteroatoms. The number of hydrogen-bond acceptors (Lipinski definition) is 0. The maximum absolute atomic E-state index is 5.84. The summed E-state index contributed by atoms with van der Waals surface area (Å²) in [7, 11) is 0. The Hall–Kier alpha value is 0. The van der Waals surface area contributed by atoms with Crippen molar-refractivity contribution in [3.8, 4) is 0 Å². The SMILES string of the molecule is [CH]C(C)C1CCCCCC1. The van der Waals surface area contributed by atoms with E-state index in [1.807, 2.05) is 0 Å². The van der Waals surface area contributed by atoms with E-state index in [1.165, 1.54) is 38.5 Å². The smallest absolute Gasteiger partial charge is 0.0318 e. The van der Waals surface area contributed by atoms with Crippen molar-refractivity contribution in [2.45, 2.75) is 45.4 Å². The average Bonchev–Trinajstić information content (AvgIpc) is 2.12. The van der Waals surface area contributed by atoms with Crippen LogP contribution in [0.15, 0.2) is 0 Å². The van der Waals surface area contributed by atoms with E-state index in [9.17, 15) is 0 Å². The monoisotopic (exact) mass is 138 g/mol. The molecule has 0 aromatic rings. The van der Waals surface area contributed by atoms with Crippen molar-refractivity contribution in [2.75, 3.05) is 0 Å². The van der Waals surface area contributed by atoms with Crippen LogP contribution in [0.4, 0.5) is 0 Å². The van der Waals surface area contributed by atoms with Crippen molar-refractivity contribution in [3.05, 3.63) is 6.92 Å². The number of rotatable bonds is 1. The Morgan fingerprint density at radius 2 is 1.60 bits per heavy atom. The van der Waals surface area contributed by atoms with E-state index in [-0.39, 0.29) is 0 Å². The minimum absolute atomic E-state index is 0.429. The van der Waals surface area contributed by atoms with Gasteiger partial charge in [0.25, 0.3) is 0 Å². The number of hydrogen-bond donors (Lipinski definition) is 0. The van der Waals surface area contributed by atoms with Gasteiger partial charge in [-0.2, -0.15) is 0 Å². The van der Waals surface area contributed by atoms with Crippen molar-refractivity contribution >= 4 is 0 Å². The minimum Gasteiger partial charge on any atom is -0.0620 e. The van der Waals surface area contributed by atoms with Gasteiger partial charge in [-0.1, -0.05) is 45.4 Å². The first-order valence-electron chi connectivity index (χ1n) is 4.56. The third kappa shape index (κ3) is 2.32. The van der Waals surface area contributed by atoms with Crippen molar-refractivity contribution in [2.24, 2.45) is 11.8 Å². The van der Waals surface area contributed by atoms with E-state index in [2.05, 4.69) is 6.92 Å². The Balaban J connectivity index is 2.28. The van der Waals surface area contributed by atoms with Gasteiger partial charge in [0.2, 0.25) is 0 Å². The fourth-order valence-corrected chi connectivity index (χ4v) is 1.84. The molecule has 0 saturated heterocycles. The van der Waals surface area contributed by atoms with Crippen LogP contribution in [0.5, 0.6) is 0 Å². The average molecular weight is 138 g/mol. The van der Waals surface area contributed by atoms with Gasteiger partial charge in [0, 0.05) is 0 Å². The first kappa shape index (κ1) is 8.10. The molecule has 58 valence electrons. The molecule has 1 unspecified atom stereocenters. The zero-order chi connectivity index (χ0) is 7.40. The molecule has 0 bridgehead atoms. The summed E-state index contributed by atoms with van der Waals surface area (Å²) in [5, 5.41) is 0.